The van der Waals surface area contributed by atoms with Crippen LogP contribution in [0.15, 0.2) is 42.5 Å². The van der Waals surface area contributed by atoms with Crippen molar-refractivity contribution < 1.29 is 9.84 Å². The minimum absolute atomic E-state index is 0.362. The van der Waals surface area contributed by atoms with E-state index >= 15 is 0 Å². The molecule has 0 heterocycles. The Morgan fingerprint density at radius 3 is 2.73 bits per heavy atom. The van der Waals surface area contributed by atoms with E-state index in [0.29, 0.717) is 13.2 Å². The van der Waals surface area contributed by atoms with E-state index in [9.17, 15) is 0 Å². The summed E-state index contributed by atoms with van der Waals surface area (Å²) in [7, 11) is 0. The fourth-order valence-corrected chi connectivity index (χ4v) is 1.21. The van der Waals surface area contributed by atoms with Crippen LogP contribution in [-0.2, 0) is 11.3 Å². The van der Waals surface area contributed by atoms with Gasteiger partial charge in [-0.1, -0.05) is 42.5 Å². The van der Waals surface area contributed by atoms with E-state index in [1.54, 1.807) is 13.0 Å². The van der Waals surface area contributed by atoms with E-state index in [1.165, 1.54) is 5.56 Å². The van der Waals surface area contributed by atoms with Gasteiger partial charge in [-0.05, 0) is 18.9 Å². The maximum atomic E-state index is 8.96. The molecule has 0 aliphatic carbocycles. The maximum Gasteiger partial charge on any atom is 0.0717 e. The van der Waals surface area contributed by atoms with Gasteiger partial charge in [0.25, 0.3) is 0 Å². The van der Waals surface area contributed by atoms with Gasteiger partial charge < -0.3 is 9.84 Å². The van der Waals surface area contributed by atoms with Gasteiger partial charge in [0.05, 0.1) is 19.3 Å². The van der Waals surface area contributed by atoms with Crippen molar-refractivity contribution >= 4 is 0 Å². The van der Waals surface area contributed by atoms with Crippen molar-refractivity contribution in [1.29, 1.82) is 0 Å². The van der Waals surface area contributed by atoms with Crippen LogP contribution in [0.1, 0.15) is 18.9 Å². The molecule has 2 heteroatoms. The summed E-state index contributed by atoms with van der Waals surface area (Å²) >= 11 is 0. The lowest BCUT2D eigenvalue weighted by Gasteiger charge is -2.02. The van der Waals surface area contributed by atoms with Crippen molar-refractivity contribution in [3.8, 4) is 0 Å². The molecule has 0 fully saturated rings. The number of aliphatic hydroxyl groups excluding tert-OH is 1. The molecule has 0 bridgehead atoms. The Balaban J connectivity index is 2.07. The highest BCUT2D eigenvalue weighted by Gasteiger charge is 1.90. The number of hydrogen-bond donors (Lipinski definition) is 1. The third-order valence-corrected chi connectivity index (χ3v) is 1.96. The SMILES string of the molecule is C[C@H](O)/C=C/CCOCc1ccccc1. The first-order valence-electron chi connectivity index (χ1n) is 5.25. The number of aliphatic hydroxyl groups is 1. The lowest BCUT2D eigenvalue weighted by molar-refractivity contribution is 0.125. The molecule has 0 amide bonds. The van der Waals surface area contributed by atoms with Crippen molar-refractivity contribution in [2.24, 2.45) is 0 Å². The number of hydrogen-bond acceptors (Lipinski definition) is 2. The zero-order chi connectivity index (χ0) is 10.9. The summed E-state index contributed by atoms with van der Waals surface area (Å²) in [5.74, 6) is 0. The highest BCUT2D eigenvalue weighted by Crippen LogP contribution is 2.00. The molecule has 0 aromatic heterocycles. The number of benzene rings is 1. The van der Waals surface area contributed by atoms with Crippen molar-refractivity contribution in [2.75, 3.05) is 6.61 Å². The third-order valence-electron chi connectivity index (χ3n) is 1.96. The fourth-order valence-electron chi connectivity index (χ4n) is 1.21. The lowest BCUT2D eigenvalue weighted by Crippen LogP contribution is -1.95. The standard InChI is InChI=1S/C13H18O2/c1-12(14)7-5-6-10-15-11-13-8-3-2-4-9-13/h2-5,7-9,12,14H,6,10-11H2,1H3/b7-5+/t12-/m0/s1. The average molecular weight is 206 g/mol. The smallest absolute Gasteiger partial charge is 0.0717 e. The maximum absolute atomic E-state index is 8.96. The summed E-state index contributed by atoms with van der Waals surface area (Å²) in [6.07, 6.45) is 4.19. The minimum Gasteiger partial charge on any atom is -0.389 e. The van der Waals surface area contributed by atoms with Gasteiger partial charge in [0.2, 0.25) is 0 Å². The Morgan fingerprint density at radius 1 is 1.33 bits per heavy atom. The van der Waals surface area contributed by atoms with Gasteiger partial charge in [-0.3, -0.25) is 0 Å². The van der Waals surface area contributed by atoms with Crippen molar-refractivity contribution in [3.05, 3.63) is 48.0 Å². The molecule has 82 valence electrons. The van der Waals surface area contributed by atoms with Gasteiger partial charge in [0.1, 0.15) is 0 Å². The fraction of sp³-hybridized carbons (Fsp3) is 0.385. The molecule has 15 heavy (non-hydrogen) atoms. The number of ether oxygens (including phenoxy) is 1. The molecule has 2 nitrogen and oxygen atoms in total. The van der Waals surface area contributed by atoms with E-state index in [4.69, 9.17) is 9.84 Å². The summed E-state index contributed by atoms with van der Waals surface area (Å²) < 4.78 is 5.47. The molecular formula is C13H18O2. The molecule has 0 radical (unpaired) electrons. The summed E-state index contributed by atoms with van der Waals surface area (Å²) in [5.41, 5.74) is 1.19. The van der Waals surface area contributed by atoms with Crippen molar-refractivity contribution in [2.45, 2.75) is 26.1 Å². The lowest BCUT2D eigenvalue weighted by atomic mass is 10.2. The predicted molar refractivity (Wildman–Crippen MR) is 61.5 cm³/mol. The van der Waals surface area contributed by atoms with Crippen LogP contribution in [0.2, 0.25) is 0 Å². The molecule has 1 aromatic rings. The summed E-state index contributed by atoms with van der Waals surface area (Å²) in [6, 6.07) is 10.1. The van der Waals surface area contributed by atoms with E-state index in [2.05, 4.69) is 0 Å². The monoisotopic (exact) mass is 206 g/mol. The van der Waals surface area contributed by atoms with Crippen LogP contribution >= 0.6 is 0 Å². The van der Waals surface area contributed by atoms with Gasteiger partial charge >= 0.3 is 0 Å². The van der Waals surface area contributed by atoms with Gasteiger partial charge in [-0.2, -0.15) is 0 Å². The van der Waals surface area contributed by atoms with Gasteiger partial charge in [0.15, 0.2) is 0 Å². The van der Waals surface area contributed by atoms with Gasteiger partial charge in [-0.15, -0.1) is 0 Å². The second-order valence-electron chi connectivity index (χ2n) is 3.50. The summed E-state index contributed by atoms with van der Waals surface area (Å²) in [6.45, 7) is 3.09. The summed E-state index contributed by atoms with van der Waals surface area (Å²) in [5, 5.41) is 8.96. The largest absolute Gasteiger partial charge is 0.389 e. The molecule has 0 saturated carbocycles. The number of rotatable bonds is 6. The van der Waals surface area contributed by atoms with Crippen LogP contribution in [0.3, 0.4) is 0 Å². The van der Waals surface area contributed by atoms with Gasteiger partial charge in [-0.25, -0.2) is 0 Å². The van der Waals surface area contributed by atoms with E-state index in [0.717, 1.165) is 6.42 Å². The summed E-state index contributed by atoms with van der Waals surface area (Å²) in [4.78, 5) is 0. The second-order valence-corrected chi connectivity index (χ2v) is 3.50. The molecule has 1 rings (SSSR count). The molecule has 0 spiro atoms. The Hall–Kier alpha value is -1.12. The topological polar surface area (TPSA) is 29.5 Å². The Bertz CT molecular complexity index is 278. The quantitative estimate of drug-likeness (QED) is 0.572. The highest BCUT2D eigenvalue weighted by molar-refractivity contribution is 5.13. The molecule has 0 aliphatic heterocycles. The molecule has 1 aromatic carbocycles. The van der Waals surface area contributed by atoms with Crippen molar-refractivity contribution in [3.63, 3.8) is 0 Å². The second kappa shape index (κ2) is 7.21. The predicted octanol–water partition coefficient (Wildman–Crippen LogP) is 2.53. The van der Waals surface area contributed by atoms with Crippen LogP contribution in [0, 0.1) is 0 Å². The first kappa shape index (κ1) is 12.0. The molecule has 1 N–H and O–H groups in total. The van der Waals surface area contributed by atoms with Crippen LogP contribution in [0.4, 0.5) is 0 Å². The van der Waals surface area contributed by atoms with Crippen LogP contribution in [0.25, 0.3) is 0 Å². The Labute approximate surface area is 91.2 Å². The minimum atomic E-state index is -0.362. The third kappa shape index (κ3) is 6.05. The Morgan fingerprint density at radius 2 is 2.07 bits per heavy atom. The Kier molecular flexibility index (Phi) is 5.74. The van der Waals surface area contributed by atoms with Crippen LogP contribution in [-0.4, -0.2) is 17.8 Å². The van der Waals surface area contributed by atoms with E-state index < -0.39 is 0 Å². The first-order valence-corrected chi connectivity index (χ1v) is 5.25. The average Bonchev–Trinajstić information content (AvgIpc) is 2.24. The molecular weight excluding hydrogens is 188 g/mol. The normalized spacial score (nSPS) is 13.2. The van der Waals surface area contributed by atoms with E-state index in [1.807, 2.05) is 36.4 Å². The molecule has 1 atom stereocenters. The molecule has 0 aliphatic rings. The zero-order valence-corrected chi connectivity index (χ0v) is 9.10. The highest BCUT2D eigenvalue weighted by atomic mass is 16.5. The van der Waals surface area contributed by atoms with Gasteiger partial charge in [0, 0.05) is 0 Å². The first-order chi connectivity index (χ1) is 7.29. The molecule has 0 saturated heterocycles. The van der Waals surface area contributed by atoms with Crippen LogP contribution < -0.4 is 0 Å². The van der Waals surface area contributed by atoms with Crippen LogP contribution in [0.5, 0.6) is 0 Å². The van der Waals surface area contributed by atoms with Crippen molar-refractivity contribution in [1.82, 2.24) is 0 Å². The molecule has 0 unspecified atom stereocenters. The zero-order valence-electron chi connectivity index (χ0n) is 9.10. The van der Waals surface area contributed by atoms with E-state index in [-0.39, 0.29) is 6.10 Å².